The van der Waals surface area contributed by atoms with Gasteiger partial charge in [-0.2, -0.15) is 0 Å². The topological polar surface area (TPSA) is 16.3 Å². The minimum atomic E-state index is -0.219. The Hall–Kier alpha value is -12.4. The molecule has 2 aliphatic heterocycles. The second-order valence-corrected chi connectivity index (χ2v) is 25.1. The molecule has 2 aromatic heterocycles. The maximum absolute atomic E-state index is 2.67. The first-order chi connectivity index (χ1) is 47.2. The monoisotopic (exact) mass is 1210 g/mol. The second kappa shape index (κ2) is 22.2. The molecule has 0 unspecified atom stereocenters. The molecule has 0 aliphatic carbocycles. The van der Waals surface area contributed by atoms with E-state index >= 15 is 0 Å². The van der Waals surface area contributed by atoms with E-state index in [0.717, 1.165) is 112 Å². The van der Waals surface area contributed by atoms with Gasteiger partial charge in [-0.05, 0) is 134 Å². The Kier molecular flexibility index (Phi) is 12.7. The van der Waals surface area contributed by atoms with E-state index in [1.807, 2.05) is 0 Å². The summed E-state index contributed by atoms with van der Waals surface area (Å²) in [7, 11) is 0. The molecular weight excluding hydrogens is 1150 g/mol. The number of hydrogen-bond donors (Lipinski definition) is 0. The average Bonchev–Trinajstić information content (AvgIpc) is 1.02. The van der Waals surface area contributed by atoms with E-state index in [9.17, 15) is 0 Å². The molecule has 0 fully saturated rings. The van der Waals surface area contributed by atoms with Gasteiger partial charge in [-0.25, -0.2) is 0 Å². The zero-order valence-electron chi connectivity index (χ0n) is 51.9. The molecule has 0 radical (unpaired) electrons. The minimum absolute atomic E-state index is 0.219. The Morgan fingerprint density at radius 3 is 1.02 bits per heavy atom. The fraction of sp³-hybridized carbons (Fsp3) is 0. The van der Waals surface area contributed by atoms with Crippen molar-refractivity contribution in [2.75, 3.05) is 9.80 Å². The lowest BCUT2D eigenvalue weighted by atomic mass is 9.33. The third kappa shape index (κ3) is 8.70. The maximum Gasteiger partial charge on any atom is 0.252 e. The van der Waals surface area contributed by atoms with E-state index in [1.54, 1.807) is 0 Å². The van der Waals surface area contributed by atoms with Crippen molar-refractivity contribution in [3.05, 3.63) is 358 Å². The van der Waals surface area contributed by atoms with E-state index in [0.29, 0.717) is 0 Å². The van der Waals surface area contributed by atoms with Crippen molar-refractivity contribution in [3.8, 4) is 78.1 Å². The average molecular weight is 1210 g/mol. The number of nitrogens with zero attached hydrogens (tertiary/aromatic N) is 4. The molecule has 442 valence electrons. The Morgan fingerprint density at radius 1 is 0.200 bits per heavy atom. The van der Waals surface area contributed by atoms with Crippen LogP contribution in [-0.4, -0.2) is 15.8 Å². The zero-order valence-corrected chi connectivity index (χ0v) is 51.9. The van der Waals surface area contributed by atoms with Gasteiger partial charge in [-0.15, -0.1) is 0 Å². The van der Waals surface area contributed by atoms with Gasteiger partial charge in [0.2, 0.25) is 0 Å². The quantitative estimate of drug-likeness (QED) is 0.127. The summed E-state index contributed by atoms with van der Waals surface area (Å²) in [5.74, 6) is 0. The van der Waals surface area contributed by atoms with Crippen molar-refractivity contribution in [2.45, 2.75) is 0 Å². The summed E-state index contributed by atoms with van der Waals surface area (Å²) < 4.78 is 4.89. The predicted molar refractivity (Wildman–Crippen MR) is 402 cm³/mol. The first-order valence-corrected chi connectivity index (χ1v) is 32.9. The molecule has 2 aliphatic rings. The van der Waals surface area contributed by atoms with Gasteiger partial charge in [-0.1, -0.05) is 285 Å². The number of anilines is 6. The largest absolute Gasteiger partial charge is 0.310 e. The van der Waals surface area contributed by atoms with E-state index in [2.05, 4.69) is 377 Å². The van der Waals surface area contributed by atoms with Crippen LogP contribution in [0.2, 0.25) is 0 Å². The Morgan fingerprint density at radius 2 is 0.547 bits per heavy atom. The van der Waals surface area contributed by atoms with Gasteiger partial charge in [0, 0.05) is 77.9 Å². The molecule has 0 saturated carbocycles. The molecule has 15 aromatic carbocycles. The summed E-state index contributed by atoms with van der Waals surface area (Å²) >= 11 is 0. The van der Waals surface area contributed by atoms with Crippen LogP contribution in [0.25, 0.3) is 122 Å². The van der Waals surface area contributed by atoms with Gasteiger partial charge >= 0.3 is 0 Å². The standard InChI is InChI=1S/C90H59BN4/c1-7-27-60(28-8-1)67-57-86-88-87(58-67)95(90-72(63-33-13-4-14-34-63)44-26-45-73(90)64-35-15-5-16-36-64)85-59-69(93-80-46-22-19-39-74(80)75-40-20-23-47-81(75)93)51-53-79(85)91(88)78-52-49-66(65-50-54-83-77(55-65)76-41-21-24-48-82(76)92(83)68-37-17-6-18-38-68)56-84(78)94(86)89-70(61-29-9-2-10-30-61)42-25-43-71(89)62-31-11-3-12-32-62/h1-59H. The molecular formula is C90H59BN4. The van der Waals surface area contributed by atoms with Crippen molar-refractivity contribution >= 4 is 101 Å². The van der Waals surface area contributed by atoms with Crippen LogP contribution in [0.4, 0.5) is 34.1 Å². The molecule has 5 heteroatoms. The third-order valence-corrected chi connectivity index (χ3v) is 19.9. The summed E-state index contributed by atoms with van der Waals surface area (Å²) in [4.78, 5) is 5.33. The number of rotatable bonds is 10. The van der Waals surface area contributed by atoms with Gasteiger partial charge in [0.05, 0.1) is 33.4 Å². The lowest BCUT2D eigenvalue weighted by molar-refractivity contribution is 1.17. The van der Waals surface area contributed by atoms with Crippen molar-refractivity contribution in [1.82, 2.24) is 9.13 Å². The first-order valence-electron chi connectivity index (χ1n) is 32.9. The number of benzene rings is 15. The van der Waals surface area contributed by atoms with E-state index < -0.39 is 0 Å². The van der Waals surface area contributed by atoms with Crippen molar-refractivity contribution < 1.29 is 0 Å². The van der Waals surface area contributed by atoms with Gasteiger partial charge in [0.15, 0.2) is 0 Å². The minimum Gasteiger partial charge on any atom is -0.310 e. The summed E-state index contributed by atoms with van der Waals surface area (Å²) in [6, 6.07) is 133. The lowest BCUT2D eigenvalue weighted by Gasteiger charge is -2.46. The molecule has 95 heavy (non-hydrogen) atoms. The normalized spacial score (nSPS) is 12.4. The fourth-order valence-corrected chi connectivity index (χ4v) is 15.8. The molecule has 0 saturated heterocycles. The number of para-hydroxylation sites is 6. The number of aromatic nitrogens is 2. The van der Waals surface area contributed by atoms with Crippen molar-refractivity contribution in [2.24, 2.45) is 0 Å². The van der Waals surface area contributed by atoms with Crippen LogP contribution in [0.15, 0.2) is 358 Å². The van der Waals surface area contributed by atoms with Gasteiger partial charge < -0.3 is 18.9 Å². The first kappa shape index (κ1) is 54.3. The highest BCUT2D eigenvalue weighted by molar-refractivity contribution is 7.00. The van der Waals surface area contributed by atoms with Gasteiger partial charge in [0.25, 0.3) is 6.71 Å². The van der Waals surface area contributed by atoms with Crippen LogP contribution in [0, 0.1) is 0 Å². The smallest absolute Gasteiger partial charge is 0.252 e. The van der Waals surface area contributed by atoms with Gasteiger partial charge in [0.1, 0.15) is 0 Å². The van der Waals surface area contributed by atoms with Crippen LogP contribution >= 0.6 is 0 Å². The van der Waals surface area contributed by atoms with Crippen molar-refractivity contribution in [1.29, 1.82) is 0 Å². The Bertz CT molecular complexity index is 5670. The molecule has 19 rings (SSSR count). The zero-order chi connectivity index (χ0) is 62.5. The Labute approximate surface area is 552 Å². The highest BCUT2D eigenvalue weighted by atomic mass is 15.2. The molecule has 4 heterocycles. The van der Waals surface area contributed by atoms with Crippen LogP contribution in [0.1, 0.15) is 0 Å². The number of fused-ring (bicyclic) bond motifs is 10. The molecule has 4 nitrogen and oxygen atoms in total. The number of hydrogen-bond acceptors (Lipinski definition) is 2. The van der Waals surface area contributed by atoms with Crippen molar-refractivity contribution in [3.63, 3.8) is 0 Å². The molecule has 17 aromatic rings. The van der Waals surface area contributed by atoms with Crippen LogP contribution in [0.3, 0.4) is 0 Å². The third-order valence-electron chi connectivity index (χ3n) is 19.9. The van der Waals surface area contributed by atoms with Crippen LogP contribution in [0.5, 0.6) is 0 Å². The molecule has 0 amide bonds. The highest BCUT2D eigenvalue weighted by Crippen LogP contribution is 2.54. The van der Waals surface area contributed by atoms with E-state index in [-0.39, 0.29) is 6.71 Å². The van der Waals surface area contributed by atoms with Gasteiger partial charge in [-0.3, -0.25) is 0 Å². The van der Waals surface area contributed by atoms with Crippen LogP contribution < -0.4 is 26.2 Å². The second-order valence-electron chi connectivity index (χ2n) is 25.1. The molecule has 0 N–H and O–H groups in total. The predicted octanol–water partition coefficient (Wildman–Crippen LogP) is 22.0. The van der Waals surface area contributed by atoms with E-state index in [4.69, 9.17) is 0 Å². The molecule has 0 bridgehead atoms. The summed E-state index contributed by atoms with van der Waals surface area (Å²) in [6.45, 7) is -0.219. The lowest BCUT2D eigenvalue weighted by Crippen LogP contribution is -2.61. The Balaban J connectivity index is 0.960. The summed E-state index contributed by atoms with van der Waals surface area (Å²) in [5, 5.41) is 4.89. The van der Waals surface area contributed by atoms with Crippen LogP contribution in [-0.2, 0) is 0 Å². The molecule has 0 atom stereocenters. The van der Waals surface area contributed by atoms with E-state index in [1.165, 1.54) is 60.0 Å². The summed E-state index contributed by atoms with van der Waals surface area (Å²) in [6.07, 6.45) is 0. The maximum atomic E-state index is 2.67. The SMILES string of the molecule is c1ccc(-c2cc3c4c(c2)N(c2c(-c5ccccc5)cccc2-c2ccccc2)c2cc(-n5c6ccccc6c6ccccc65)ccc2B4c2ccc(-c4ccc5c(c4)c4ccccc4n5-c4ccccc4)cc2N3c2c(-c3ccccc3)cccc2-c2ccccc2)cc1. The highest BCUT2D eigenvalue weighted by Gasteiger charge is 2.46. The summed E-state index contributed by atoms with van der Waals surface area (Å²) in [5.41, 5.74) is 31.0. The fourth-order valence-electron chi connectivity index (χ4n) is 15.8. The molecule has 0 spiro atoms.